The lowest BCUT2D eigenvalue weighted by Gasteiger charge is -2.26. The van der Waals surface area contributed by atoms with Crippen molar-refractivity contribution in [2.75, 3.05) is 36.8 Å². The number of aromatic amines is 1. The number of H-pyrrole nitrogens is 1. The molecule has 3 N–H and O–H groups in total. The molecule has 0 radical (unpaired) electrons. The Morgan fingerprint density at radius 1 is 1.15 bits per heavy atom. The molecule has 0 bridgehead atoms. The van der Waals surface area contributed by atoms with Gasteiger partial charge in [0.1, 0.15) is 11.9 Å². The number of aromatic nitrogens is 2. The first-order valence-corrected chi connectivity index (χ1v) is 14.1. The summed E-state index contributed by atoms with van der Waals surface area (Å²) in [4.78, 5) is 55.0. The highest BCUT2D eigenvalue weighted by Crippen LogP contribution is 2.29. The van der Waals surface area contributed by atoms with Gasteiger partial charge in [-0.1, -0.05) is 23.7 Å². The van der Waals surface area contributed by atoms with Gasteiger partial charge in [-0.25, -0.2) is 0 Å². The van der Waals surface area contributed by atoms with Gasteiger partial charge in [-0.15, -0.1) is 0 Å². The highest BCUT2D eigenvalue weighted by molar-refractivity contribution is 6.36. The molecule has 3 amide bonds. The normalized spacial score (nSPS) is 18.6. The van der Waals surface area contributed by atoms with Gasteiger partial charge in [-0.05, 0) is 50.3 Å². The lowest BCUT2D eigenvalue weighted by molar-refractivity contribution is -0.140. The van der Waals surface area contributed by atoms with E-state index in [2.05, 4.69) is 20.6 Å². The zero-order valence-electron chi connectivity index (χ0n) is 22.5. The molecule has 11 nitrogen and oxygen atoms in total. The Bertz CT molecular complexity index is 1490. The molecular formula is C29H31ClN8O3. The van der Waals surface area contributed by atoms with Gasteiger partial charge in [0.25, 0.3) is 0 Å². The maximum atomic E-state index is 13.7. The summed E-state index contributed by atoms with van der Waals surface area (Å²) in [6.07, 6.45) is 8.51. The van der Waals surface area contributed by atoms with Crippen molar-refractivity contribution < 1.29 is 14.4 Å². The Morgan fingerprint density at radius 2 is 1.95 bits per heavy atom. The second-order valence-electron chi connectivity index (χ2n) is 10.2. The third-order valence-corrected chi connectivity index (χ3v) is 7.67. The highest BCUT2D eigenvalue weighted by Gasteiger charge is 2.33. The topological polar surface area (TPSA) is 147 Å². The van der Waals surface area contributed by atoms with E-state index in [-0.39, 0.29) is 24.2 Å². The van der Waals surface area contributed by atoms with Gasteiger partial charge in [0.2, 0.25) is 17.7 Å². The van der Waals surface area contributed by atoms with Crippen LogP contribution in [-0.2, 0) is 14.4 Å². The molecule has 3 aromatic rings. The number of hydrogen-bond acceptors (Lipinski definition) is 6. The Labute approximate surface area is 242 Å². The molecule has 1 unspecified atom stereocenters. The van der Waals surface area contributed by atoms with Crippen LogP contribution in [0, 0.1) is 17.2 Å². The Balaban J connectivity index is 1.46. The fourth-order valence-corrected chi connectivity index (χ4v) is 5.41. The number of fused-ring (bicyclic) bond motifs is 1. The van der Waals surface area contributed by atoms with Crippen LogP contribution in [-0.4, -0.2) is 75.5 Å². The summed E-state index contributed by atoms with van der Waals surface area (Å²) in [5, 5.41) is 17.3. The van der Waals surface area contributed by atoms with Crippen LogP contribution in [0.25, 0.3) is 10.9 Å². The van der Waals surface area contributed by atoms with Crippen LogP contribution in [0.4, 0.5) is 11.4 Å². The first kappa shape index (κ1) is 28.1. The van der Waals surface area contributed by atoms with E-state index in [0.717, 1.165) is 24.6 Å². The zero-order chi connectivity index (χ0) is 28.8. The molecule has 41 heavy (non-hydrogen) atoms. The molecule has 2 aliphatic heterocycles. The maximum Gasteiger partial charge on any atom is 0.249 e. The Kier molecular flexibility index (Phi) is 8.79. The van der Waals surface area contributed by atoms with Crippen molar-refractivity contribution in [1.29, 1.82) is 5.26 Å². The van der Waals surface area contributed by atoms with Crippen molar-refractivity contribution in [3.63, 3.8) is 0 Å². The summed E-state index contributed by atoms with van der Waals surface area (Å²) in [7, 11) is 0. The van der Waals surface area contributed by atoms with E-state index in [4.69, 9.17) is 16.6 Å². The van der Waals surface area contributed by atoms with E-state index in [1.54, 1.807) is 46.5 Å². The monoisotopic (exact) mass is 574 g/mol. The predicted molar refractivity (Wildman–Crippen MR) is 156 cm³/mol. The smallest absolute Gasteiger partial charge is 0.249 e. The number of amidine groups is 1. The second-order valence-corrected chi connectivity index (χ2v) is 10.6. The zero-order valence-corrected chi connectivity index (χ0v) is 23.2. The van der Waals surface area contributed by atoms with Crippen LogP contribution < -0.4 is 10.6 Å². The van der Waals surface area contributed by atoms with Crippen LogP contribution in [0.5, 0.6) is 0 Å². The molecule has 2 aliphatic rings. The summed E-state index contributed by atoms with van der Waals surface area (Å²) in [6, 6.07) is 9.93. The van der Waals surface area contributed by atoms with E-state index in [1.807, 2.05) is 12.1 Å². The number of benzene rings is 1. The minimum atomic E-state index is -1.37. The molecule has 2 aromatic heterocycles. The summed E-state index contributed by atoms with van der Waals surface area (Å²) >= 11 is 6.32. The standard InChI is InChI=1S/C29H31ClN8O3/c30-22-17-33-26-20(22)8-5-10-23(26)35-27(21(15-31)28(40)34-19-7-6-11-32-16-19)36-24-9-1-2-14-38(29(24)41)18-25(39)37-12-3-4-13-37/h5-8,10-11,16-17,21,24,33H,1-4,9,12-14,18H2,(H,34,40)(H,35,36)/t21?,24-/m0/s1. The number of carbonyl (C=O) groups excluding carboxylic acids is 3. The van der Waals surface area contributed by atoms with Crippen molar-refractivity contribution in [1.82, 2.24) is 19.8 Å². The van der Waals surface area contributed by atoms with E-state index < -0.39 is 17.9 Å². The van der Waals surface area contributed by atoms with Crippen LogP contribution in [0.2, 0.25) is 5.02 Å². The van der Waals surface area contributed by atoms with Crippen molar-refractivity contribution in [2.24, 2.45) is 10.9 Å². The molecule has 5 rings (SSSR count). The van der Waals surface area contributed by atoms with Gasteiger partial charge < -0.3 is 25.4 Å². The molecule has 2 atom stereocenters. The fraction of sp³-hybridized carbons (Fsp3) is 0.379. The van der Waals surface area contributed by atoms with Gasteiger partial charge in [-0.2, -0.15) is 5.26 Å². The number of pyridine rings is 1. The number of amides is 3. The minimum Gasteiger partial charge on any atom is -0.358 e. The lowest BCUT2D eigenvalue weighted by atomic mass is 10.1. The summed E-state index contributed by atoms with van der Waals surface area (Å²) in [5.41, 5.74) is 1.64. The summed E-state index contributed by atoms with van der Waals surface area (Å²) in [6.45, 7) is 1.87. The van der Waals surface area contributed by atoms with Gasteiger partial charge in [0, 0.05) is 37.4 Å². The van der Waals surface area contributed by atoms with Crippen molar-refractivity contribution >= 4 is 57.4 Å². The average Bonchev–Trinajstić information content (AvgIpc) is 3.62. The van der Waals surface area contributed by atoms with Gasteiger partial charge in [-0.3, -0.25) is 24.4 Å². The largest absolute Gasteiger partial charge is 0.358 e. The van der Waals surface area contributed by atoms with Gasteiger partial charge >= 0.3 is 0 Å². The molecule has 4 heterocycles. The van der Waals surface area contributed by atoms with Crippen molar-refractivity contribution in [2.45, 2.75) is 38.1 Å². The molecule has 0 saturated carbocycles. The van der Waals surface area contributed by atoms with Crippen LogP contribution in [0.1, 0.15) is 32.1 Å². The summed E-state index contributed by atoms with van der Waals surface area (Å²) in [5.74, 6) is -2.32. The third-order valence-electron chi connectivity index (χ3n) is 7.35. The molecule has 2 fully saturated rings. The minimum absolute atomic E-state index is 0.00291. The molecule has 0 aliphatic carbocycles. The molecule has 212 valence electrons. The molecule has 2 saturated heterocycles. The second kappa shape index (κ2) is 12.8. The number of anilines is 2. The molecule has 12 heteroatoms. The third kappa shape index (κ3) is 6.49. The molecule has 1 aromatic carbocycles. The predicted octanol–water partition coefficient (Wildman–Crippen LogP) is 3.81. The van der Waals surface area contributed by atoms with E-state index in [1.165, 1.54) is 6.20 Å². The van der Waals surface area contributed by atoms with E-state index >= 15 is 0 Å². The lowest BCUT2D eigenvalue weighted by Crippen LogP contribution is -2.45. The number of halogens is 1. The van der Waals surface area contributed by atoms with E-state index in [0.29, 0.717) is 54.4 Å². The highest BCUT2D eigenvalue weighted by atomic mass is 35.5. The van der Waals surface area contributed by atoms with Gasteiger partial charge in [0.15, 0.2) is 5.92 Å². The number of aliphatic imine (C=N–C) groups is 1. The fourth-order valence-electron chi connectivity index (χ4n) is 5.20. The maximum absolute atomic E-state index is 13.7. The van der Waals surface area contributed by atoms with Crippen LogP contribution in [0.15, 0.2) is 53.9 Å². The van der Waals surface area contributed by atoms with Crippen molar-refractivity contribution in [3.8, 4) is 6.07 Å². The average molecular weight is 575 g/mol. The summed E-state index contributed by atoms with van der Waals surface area (Å²) < 4.78 is 0. The van der Waals surface area contributed by atoms with Gasteiger partial charge in [0.05, 0.1) is 40.7 Å². The number of para-hydroxylation sites is 1. The number of rotatable bonds is 7. The number of likely N-dealkylation sites (tertiary alicyclic amines) is 2. The Morgan fingerprint density at radius 3 is 2.71 bits per heavy atom. The first-order valence-electron chi connectivity index (χ1n) is 13.7. The van der Waals surface area contributed by atoms with Crippen molar-refractivity contribution in [3.05, 3.63) is 53.9 Å². The van der Waals surface area contributed by atoms with Crippen LogP contribution >= 0.6 is 11.6 Å². The quantitative estimate of drug-likeness (QED) is 0.289. The number of carbonyl (C=O) groups is 3. The van der Waals surface area contributed by atoms with Crippen LogP contribution in [0.3, 0.4) is 0 Å². The number of nitrogens with zero attached hydrogens (tertiary/aromatic N) is 5. The number of hydrogen-bond donors (Lipinski definition) is 3. The molecular weight excluding hydrogens is 544 g/mol. The number of nitriles is 1. The first-order chi connectivity index (χ1) is 19.9. The molecule has 0 spiro atoms. The SMILES string of the molecule is N#CC(C(=O)Nc1cccnc1)C(=N[C@H]1CCCCN(CC(=O)N2CCCC2)C1=O)Nc1cccc2c(Cl)c[nH]c12. The Hall–Kier alpha value is -4.43. The van der Waals surface area contributed by atoms with E-state index in [9.17, 15) is 19.6 Å². The number of nitrogens with one attached hydrogen (secondary N) is 3.